The van der Waals surface area contributed by atoms with Gasteiger partial charge in [-0.2, -0.15) is 11.8 Å². The van der Waals surface area contributed by atoms with Crippen molar-refractivity contribution in [3.8, 4) is 0 Å². The highest BCUT2D eigenvalue weighted by Gasteiger charge is 2.24. The molecule has 0 saturated carbocycles. The van der Waals surface area contributed by atoms with Gasteiger partial charge in [0.25, 0.3) is 0 Å². The number of amides is 1. The summed E-state index contributed by atoms with van der Waals surface area (Å²) in [6, 6.07) is 0.197. The average Bonchev–Trinajstić information content (AvgIpc) is 2.43. The largest absolute Gasteiger partial charge is 0.356 e. The van der Waals surface area contributed by atoms with Gasteiger partial charge in [-0.3, -0.25) is 9.79 Å². The Kier molecular flexibility index (Phi) is 11.3. The number of aliphatic imine (C=N–C) groups is 1. The van der Waals surface area contributed by atoms with E-state index in [0.717, 1.165) is 24.8 Å². The normalized spacial score (nSPS) is 19.1. The van der Waals surface area contributed by atoms with Crippen LogP contribution in [0.15, 0.2) is 4.99 Å². The van der Waals surface area contributed by atoms with E-state index in [1.165, 1.54) is 0 Å². The van der Waals surface area contributed by atoms with Crippen molar-refractivity contribution in [3.05, 3.63) is 0 Å². The number of nitrogens with zero attached hydrogens (tertiary/aromatic N) is 2. The van der Waals surface area contributed by atoms with Crippen molar-refractivity contribution in [2.75, 3.05) is 32.4 Å². The summed E-state index contributed by atoms with van der Waals surface area (Å²) in [5.74, 6) is 2.81. The molecule has 1 atom stereocenters. The predicted octanol–water partition coefficient (Wildman–Crippen LogP) is 2.17. The first kappa shape index (κ1) is 21.8. The third-order valence-electron chi connectivity index (χ3n) is 3.43. The maximum absolute atomic E-state index is 11.6. The molecule has 7 heteroatoms. The number of nitrogens with one attached hydrogen (secondary N) is 2. The number of halogens is 1. The third-order valence-corrected chi connectivity index (χ3v) is 4.97. The molecule has 0 aromatic heterocycles. The Labute approximate surface area is 156 Å². The Bertz CT molecular complexity index is 363. The minimum atomic E-state index is 0. The van der Waals surface area contributed by atoms with E-state index in [0.29, 0.717) is 24.1 Å². The van der Waals surface area contributed by atoms with Gasteiger partial charge in [-0.15, -0.1) is 24.0 Å². The SMILES string of the molecule is CN=C(NCCC(=O)NC(C)C)N1CCSC(C(C)C)C1.I. The molecule has 5 nitrogen and oxygen atoms in total. The lowest BCUT2D eigenvalue weighted by Crippen LogP contribution is -2.49. The lowest BCUT2D eigenvalue weighted by molar-refractivity contribution is -0.121. The van der Waals surface area contributed by atoms with Crippen molar-refractivity contribution in [1.82, 2.24) is 15.5 Å². The Morgan fingerprint density at radius 1 is 1.36 bits per heavy atom. The van der Waals surface area contributed by atoms with Crippen LogP contribution in [0.1, 0.15) is 34.1 Å². The molecule has 1 fully saturated rings. The second kappa shape index (κ2) is 11.4. The zero-order valence-corrected chi connectivity index (χ0v) is 17.5. The van der Waals surface area contributed by atoms with Crippen LogP contribution in [0.2, 0.25) is 0 Å². The Balaban J connectivity index is 0.00000441. The van der Waals surface area contributed by atoms with Gasteiger partial charge in [0.05, 0.1) is 0 Å². The Morgan fingerprint density at radius 3 is 2.59 bits per heavy atom. The first-order valence-corrected chi connectivity index (χ1v) is 8.85. The summed E-state index contributed by atoms with van der Waals surface area (Å²) in [5.41, 5.74) is 0. The molecular weight excluding hydrogens is 411 g/mol. The van der Waals surface area contributed by atoms with Gasteiger partial charge in [-0.25, -0.2) is 0 Å². The predicted molar refractivity (Wildman–Crippen MR) is 107 cm³/mol. The van der Waals surface area contributed by atoms with Crippen LogP contribution in [0.3, 0.4) is 0 Å². The third kappa shape index (κ3) is 7.89. The van der Waals surface area contributed by atoms with Gasteiger partial charge >= 0.3 is 0 Å². The fourth-order valence-corrected chi connectivity index (χ4v) is 3.58. The minimum absolute atomic E-state index is 0. The highest BCUT2D eigenvalue weighted by molar-refractivity contribution is 14.0. The average molecular weight is 442 g/mol. The Morgan fingerprint density at radius 2 is 2.05 bits per heavy atom. The first-order valence-electron chi connectivity index (χ1n) is 7.80. The topological polar surface area (TPSA) is 56.7 Å². The summed E-state index contributed by atoms with van der Waals surface area (Å²) < 4.78 is 0. The van der Waals surface area contributed by atoms with Crippen LogP contribution in [0.4, 0.5) is 0 Å². The quantitative estimate of drug-likeness (QED) is 0.389. The monoisotopic (exact) mass is 442 g/mol. The van der Waals surface area contributed by atoms with E-state index in [1.807, 2.05) is 32.7 Å². The number of hydrogen-bond donors (Lipinski definition) is 2. The van der Waals surface area contributed by atoms with E-state index in [2.05, 4.69) is 34.4 Å². The number of thioether (sulfide) groups is 1. The molecule has 1 saturated heterocycles. The van der Waals surface area contributed by atoms with Gasteiger partial charge in [-0.05, 0) is 19.8 Å². The van der Waals surface area contributed by atoms with Gasteiger partial charge < -0.3 is 15.5 Å². The van der Waals surface area contributed by atoms with Crippen molar-refractivity contribution < 1.29 is 4.79 Å². The molecule has 1 heterocycles. The lowest BCUT2D eigenvalue weighted by atomic mass is 10.1. The van der Waals surface area contributed by atoms with Gasteiger partial charge in [0.15, 0.2) is 5.96 Å². The molecule has 22 heavy (non-hydrogen) atoms. The molecular formula is C15H31IN4OS. The van der Waals surface area contributed by atoms with E-state index in [4.69, 9.17) is 0 Å². The molecule has 1 unspecified atom stereocenters. The van der Waals surface area contributed by atoms with Crippen LogP contribution in [0.25, 0.3) is 0 Å². The summed E-state index contributed by atoms with van der Waals surface area (Å²) in [4.78, 5) is 18.3. The van der Waals surface area contributed by atoms with Gasteiger partial charge in [0, 0.05) is 50.1 Å². The fourth-order valence-electron chi connectivity index (χ4n) is 2.29. The second-order valence-electron chi connectivity index (χ2n) is 6.05. The molecule has 1 aliphatic heterocycles. The van der Waals surface area contributed by atoms with Gasteiger partial charge in [0.1, 0.15) is 0 Å². The number of carbonyl (C=O) groups excluding carboxylic acids is 1. The summed E-state index contributed by atoms with van der Waals surface area (Å²) in [6.07, 6.45) is 0.480. The zero-order valence-electron chi connectivity index (χ0n) is 14.4. The van der Waals surface area contributed by atoms with Crippen LogP contribution in [-0.2, 0) is 4.79 Å². The molecule has 0 radical (unpaired) electrons. The van der Waals surface area contributed by atoms with Crippen LogP contribution in [0, 0.1) is 5.92 Å². The smallest absolute Gasteiger partial charge is 0.221 e. The number of rotatable bonds is 5. The van der Waals surface area contributed by atoms with Crippen LogP contribution >= 0.6 is 35.7 Å². The van der Waals surface area contributed by atoms with Gasteiger partial charge in [0.2, 0.25) is 5.91 Å². The summed E-state index contributed by atoms with van der Waals surface area (Å²) in [5, 5.41) is 6.86. The molecule has 0 spiro atoms. The number of hydrogen-bond acceptors (Lipinski definition) is 3. The molecule has 0 aromatic carbocycles. The van der Waals surface area contributed by atoms with E-state index in [9.17, 15) is 4.79 Å². The minimum Gasteiger partial charge on any atom is -0.356 e. The van der Waals surface area contributed by atoms with E-state index in [1.54, 1.807) is 0 Å². The number of guanidine groups is 1. The van der Waals surface area contributed by atoms with Gasteiger partial charge in [-0.1, -0.05) is 13.8 Å². The van der Waals surface area contributed by atoms with E-state index in [-0.39, 0.29) is 35.9 Å². The molecule has 0 aromatic rings. The molecule has 1 rings (SSSR count). The lowest BCUT2D eigenvalue weighted by Gasteiger charge is -2.36. The van der Waals surface area contributed by atoms with Crippen molar-refractivity contribution in [1.29, 1.82) is 0 Å². The summed E-state index contributed by atoms with van der Waals surface area (Å²) in [7, 11) is 1.81. The van der Waals surface area contributed by atoms with Crippen LogP contribution < -0.4 is 10.6 Å². The zero-order chi connectivity index (χ0) is 15.8. The van der Waals surface area contributed by atoms with Crippen molar-refractivity contribution in [3.63, 3.8) is 0 Å². The first-order chi connectivity index (χ1) is 9.93. The Hall–Kier alpha value is -0.180. The summed E-state index contributed by atoms with van der Waals surface area (Å²) in [6.45, 7) is 11.2. The second-order valence-corrected chi connectivity index (χ2v) is 7.39. The summed E-state index contributed by atoms with van der Waals surface area (Å²) >= 11 is 2.05. The molecule has 2 N–H and O–H groups in total. The van der Waals surface area contributed by atoms with Crippen molar-refractivity contribution in [2.45, 2.75) is 45.4 Å². The standard InChI is InChI=1S/C15H30N4OS.HI/c1-11(2)13-10-19(8-9-21-13)15(16-5)17-7-6-14(20)18-12(3)4;/h11-13H,6-10H2,1-5H3,(H,16,17)(H,18,20);1H. The fraction of sp³-hybridized carbons (Fsp3) is 0.867. The van der Waals surface area contributed by atoms with Crippen LogP contribution in [0.5, 0.6) is 0 Å². The van der Waals surface area contributed by atoms with Crippen LogP contribution in [-0.4, -0.2) is 60.5 Å². The maximum atomic E-state index is 11.6. The van der Waals surface area contributed by atoms with Crippen molar-refractivity contribution in [2.24, 2.45) is 10.9 Å². The van der Waals surface area contributed by atoms with Crippen molar-refractivity contribution >= 4 is 47.6 Å². The molecule has 130 valence electrons. The molecule has 1 aliphatic rings. The molecule has 0 bridgehead atoms. The maximum Gasteiger partial charge on any atom is 0.221 e. The number of carbonyl (C=O) groups is 1. The molecule has 0 aliphatic carbocycles. The highest BCUT2D eigenvalue weighted by Crippen LogP contribution is 2.24. The molecule has 1 amide bonds. The highest BCUT2D eigenvalue weighted by atomic mass is 127. The van der Waals surface area contributed by atoms with E-state index < -0.39 is 0 Å². The van der Waals surface area contributed by atoms with E-state index >= 15 is 0 Å².